The van der Waals surface area contributed by atoms with E-state index < -0.39 is 0 Å². The van der Waals surface area contributed by atoms with Gasteiger partial charge in [-0.1, -0.05) is 6.07 Å². The fourth-order valence-corrected chi connectivity index (χ4v) is 3.70. The molecule has 3 heterocycles. The molecule has 1 aliphatic heterocycles. The summed E-state index contributed by atoms with van der Waals surface area (Å²) in [7, 11) is 1.59. The summed E-state index contributed by atoms with van der Waals surface area (Å²) < 4.78 is 5.04. The Morgan fingerprint density at radius 3 is 3.00 bits per heavy atom. The van der Waals surface area contributed by atoms with Crippen LogP contribution < -0.4 is 4.74 Å². The van der Waals surface area contributed by atoms with Gasteiger partial charge in [-0.2, -0.15) is 5.10 Å². The van der Waals surface area contributed by atoms with Gasteiger partial charge >= 0.3 is 0 Å². The first-order chi connectivity index (χ1) is 10.8. The second-order valence-electron chi connectivity index (χ2n) is 5.60. The molecule has 2 aromatic rings. The maximum atomic E-state index is 10.4. The summed E-state index contributed by atoms with van der Waals surface area (Å²) in [6, 6.07) is 8.19. The van der Waals surface area contributed by atoms with Crippen molar-refractivity contribution in [2.24, 2.45) is 0 Å². The van der Waals surface area contributed by atoms with Crippen LogP contribution in [-0.2, 0) is 6.54 Å². The molecular formula is C16H21N3O2S. The van der Waals surface area contributed by atoms with Gasteiger partial charge in [-0.3, -0.25) is 4.90 Å². The van der Waals surface area contributed by atoms with Gasteiger partial charge < -0.3 is 9.84 Å². The predicted molar refractivity (Wildman–Crippen MR) is 85.9 cm³/mol. The number of methoxy groups -OCH3 is 1. The number of aliphatic hydroxyl groups is 1. The first-order valence-electron chi connectivity index (χ1n) is 7.58. The molecule has 0 amide bonds. The number of aliphatic hydroxyl groups excluding tert-OH is 1. The molecule has 2 atom stereocenters. The van der Waals surface area contributed by atoms with E-state index in [4.69, 9.17) is 4.74 Å². The highest BCUT2D eigenvalue weighted by Gasteiger charge is 2.27. The van der Waals surface area contributed by atoms with Gasteiger partial charge in [0.15, 0.2) is 0 Å². The van der Waals surface area contributed by atoms with Gasteiger partial charge in [-0.25, -0.2) is 0 Å². The van der Waals surface area contributed by atoms with E-state index in [9.17, 15) is 5.11 Å². The van der Waals surface area contributed by atoms with Gasteiger partial charge in [0.05, 0.1) is 18.9 Å². The Labute approximate surface area is 134 Å². The molecule has 2 aromatic heterocycles. The highest BCUT2D eigenvalue weighted by atomic mass is 32.1. The average Bonchev–Trinajstić information content (AvgIpc) is 3.20. The van der Waals surface area contributed by atoms with Crippen LogP contribution in [0.5, 0.6) is 5.88 Å². The Balaban J connectivity index is 1.60. The van der Waals surface area contributed by atoms with Crippen LogP contribution in [0.3, 0.4) is 0 Å². The standard InChI is InChI=1S/C16H21N3O2S/c1-21-16-7-6-12(17-18-16)11-19-8-2-4-13(19)10-14(20)15-5-3-9-22-15/h3,5-7,9,13-14,20H,2,4,8,10-11H2,1H3/t13-,14+/m0/s1. The molecule has 0 radical (unpaired) electrons. The lowest BCUT2D eigenvalue weighted by Crippen LogP contribution is -2.30. The maximum Gasteiger partial charge on any atom is 0.233 e. The van der Waals surface area contributed by atoms with Crippen LogP contribution in [0.25, 0.3) is 0 Å². The Kier molecular flexibility index (Phi) is 5.02. The van der Waals surface area contributed by atoms with Crippen molar-refractivity contribution in [2.45, 2.75) is 38.0 Å². The number of nitrogens with zero attached hydrogens (tertiary/aromatic N) is 3. The molecule has 5 nitrogen and oxygen atoms in total. The first kappa shape index (κ1) is 15.4. The van der Waals surface area contributed by atoms with Crippen LogP contribution in [0.2, 0.25) is 0 Å². The monoisotopic (exact) mass is 319 g/mol. The molecule has 118 valence electrons. The Morgan fingerprint density at radius 2 is 2.32 bits per heavy atom. The third-order valence-corrected chi connectivity index (χ3v) is 5.11. The van der Waals surface area contributed by atoms with Crippen molar-refractivity contribution in [3.05, 3.63) is 40.2 Å². The lowest BCUT2D eigenvalue weighted by Gasteiger charge is -2.25. The third-order valence-electron chi connectivity index (χ3n) is 4.14. The van der Waals surface area contributed by atoms with Crippen LogP contribution in [0.4, 0.5) is 0 Å². The molecule has 1 N–H and O–H groups in total. The van der Waals surface area contributed by atoms with Crippen molar-refractivity contribution in [1.29, 1.82) is 0 Å². The minimum absolute atomic E-state index is 0.368. The lowest BCUT2D eigenvalue weighted by molar-refractivity contribution is 0.120. The van der Waals surface area contributed by atoms with Crippen molar-refractivity contribution >= 4 is 11.3 Å². The van der Waals surface area contributed by atoms with Gasteiger partial charge in [0.2, 0.25) is 5.88 Å². The Morgan fingerprint density at radius 1 is 1.41 bits per heavy atom. The largest absolute Gasteiger partial charge is 0.480 e. The van der Waals surface area contributed by atoms with Crippen LogP contribution in [0.15, 0.2) is 29.6 Å². The molecule has 1 aliphatic rings. The van der Waals surface area contributed by atoms with E-state index in [1.54, 1.807) is 18.4 Å². The summed E-state index contributed by atoms with van der Waals surface area (Å²) in [5.41, 5.74) is 0.943. The van der Waals surface area contributed by atoms with Crippen molar-refractivity contribution in [1.82, 2.24) is 15.1 Å². The van der Waals surface area contributed by atoms with Gasteiger partial charge in [-0.15, -0.1) is 16.4 Å². The van der Waals surface area contributed by atoms with E-state index in [1.165, 1.54) is 6.42 Å². The molecular weight excluding hydrogens is 298 g/mol. The van der Waals surface area contributed by atoms with Crippen LogP contribution in [0, 0.1) is 0 Å². The van der Waals surface area contributed by atoms with E-state index in [0.717, 1.165) is 36.5 Å². The molecule has 0 aliphatic carbocycles. The van der Waals surface area contributed by atoms with Crippen molar-refractivity contribution in [3.8, 4) is 5.88 Å². The van der Waals surface area contributed by atoms with Crippen LogP contribution >= 0.6 is 11.3 Å². The maximum absolute atomic E-state index is 10.4. The Bertz CT molecular complexity index is 574. The van der Waals surface area contributed by atoms with Crippen LogP contribution in [0.1, 0.15) is 35.9 Å². The Hall–Kier alpha value is -1.50. The number of ether oxygens (including phenoxy) is 1. The molecule has 0 bridgehead atoms. The number of thiophene rings is 1. The SMILES string of the molecule is COc1ccc(CN2CCC[C@H]2C[C@@H](O)c2cccs2)nn1. The molecule has 22 heavy (non-hydrogen) atoms. The van der Waals surface area contributed by atoms with Gasteiger partial charge in [0, 0.05) is 23.5 Å². The highest BCUT2D eigenvalue weighted by molar-refractivity contribution is 7.10. The third kappa shape index (κ3) is 3.63. The summed E-state index contributed by atoms with van der Waals surface area (Å²) in [4.78, 5) is 3.45. The molecule has 0 saturated carbocycles. The summed E-state index contributed by atoms with van der Waals surface area (Å²) in [5, 5.41) is 20.6. The van der Waals surface area contributed by atoms with Gasteiger partial charge in [0.25, 0.3) is 0 Å². The van der Waals surface area contributed by atoms with Crippen molar-refractivity contribution < 1.29 is 9.84 Å². The fourth-order valence-electron chi connectivity index (χ4n) is 2.97. The lowest BCUT2D eigenvalue weighted by atomic mass is 10.1. The molecule has 0 unspecified atom stereocenters. The summed E-state index contributed by atoms with van der Waals surface area (Å²) in [5.74, 6) is 0.537. The van der Waals surface area contributed by atoms with Crippen LogP contribution in [-0.4, -0.2) is 39.9 Å². The van der Waals surface area contributed by atoms with E-state index in [1.807, 2.05) is 29.6 Å². The van der Waals surface area contributed by atoms with Crippen molar-refractivity contribution in [3.63, 3.8) is 0 Å². The minimum atomic E-state index is -0.368. The van der Waals surface area contributed by atoms with Gasteiger partial charge in [0.1, 0.15) is 0 Å². The molecule has 0 aromatic carbocycles. The predicted octanol–water partition coefficient (Wildman–Crippen LogP) is 2.63. The van der Waals surface area contributed by atoms with E-state index >= 15 is 0 Å². The molecule has 3 rings (SSSR count). The minimum Gasteiger partial charge on any atom is -0.480 e. The van der Waals surface area contributed by atoms with E-state index in [2.05, 4.69) is 15.1 Å². The normalized spacial score (nSPS) is 20.2. The molecule has 6 heteroatoms. The summed E-state index contributed by atoms with van der Waals surface area (Å²) in [6.07, 6.45) is 2.72. The zero-order valence-corrected chi connectivity index (χ0v) is 13.5. The zero-order valence-electron chi connectivity index (χ0n) is 12.7. The fraction of sp³-hybridized carbons (Fsp3) is 0.500. The summed E-state index contributed by atoms with van der Waals surface area (Å²) >= 11 is 1.62. The topological polar surface area (TPSA) is 58.5 Å². The average molecular weight is 319 g/mol. The zero-order chi connectivity index (χ0) is 15.4. The summed E-state index contributed by atoms with van der Waals surface area (Å²) in [6.45, 7) is 1.83. The number of hydrogen-bond donors (Lipinski definition) is 1. The second kappa shape index (κ2) is 7.17. The number of rotatable bonds is 6. The second-order valence-corrected chi connectivity index (χ2v) is 6.58. The number of likely N-dealkylation sites (tertiary alicyclic amines) is 1. The number of hydrogen-bond acceptors (Lipinski definition) is 6. The quantitative estimate of drug-likeness (QED) is 0.887. The van der Waals surface area contributed by atoms with Gasteiger partial charge in [-0.05, 0) is 43.3 Å². The van der Waals surface area contributed by atoms with E-state index in [-0.39, 0.29) is 6.10 Å². The molecule has 0 spiro atoms. The number of aromatic nitrogens is 2. The first-order valence-corrected chi connectivity index (χ1v) is 8.46. The van der Waals surface area contributed by atoms with E-state index in [0.29, 0.717) is 11.9 Å². The molecule has 1 saturated heterocycles. The molecule has 1 fully saturated rings. The highest BCUT2D eigenvalue weighted by Crippen LogP contribution is 2.30. The smallest absolute Gasteiger partial charge is 0.233 e. The van der Waals surface area contributed by atoms with Crippen molar-refractivity contribution in [2.75, 3.05) is 13.7 Å².